The van der Waals surface area contributed by atoms with Crippen LogP contribution < -0.4 is 5.73 Å². The van der Waals surface area contributed by atoms with Crippen LogP contribution in [0.25, 0.3) is 11.1 Å². The lowest BCUT2D eigenvalue weighted by atomic mass is 10.1. The molecular formula is C11H10F3N5. The molecule has 5 nitrogen and oxygen atoms in total. The number of nitrogens with two attached hydrogens (primary N) is 1. The van der Waals surface area contributed by atoms with Crippen molar-refractivity contribution in [2.45, 2.75) is 13.1 Å². The van der Waals surface area contributed by atoms with Crippen LogP contribution >= 0.6 is 0 Å². The monoisotopic (exact) mass is 269 g/mol. The average molecular weight is 269 g/mol. The van der Waals surface area contributed by atoms with Gasteiger partial charge in [0.2, 0.25) is 5.82 Å². The fourth-order valence-electron chi connectivity index (χ4n) is 1.64. The SMILES string of the molecule is Cc1cc(-c2cnc(C(F)(F)F)nc2)c(C(=N)N)[nH]1. The van der Waals surface area contributed by atoms with Crippen LogP contribution in [0.1, 0.15) is 17.2 Å². The van der Waals surface area contributed by atoms with Gasteiger partial charge in [-0.15, -0.1) is 0 Å². The number of hydrogen-bond acceptors (Lipinski definition) is 3. The van der Waals surface area contributed by atoms with Gasteiger partial charge in [-0.25, -0.2) is 9.97 Å². The fraction of sp³-hybridized carbons (Fsp3) is 0.182. The molecule has 0 fully saturated rings. The van der Waals surface area contributed by atoms with Crippen molar-refractivity contribution in [1.82, 2.24) is 15.0 Å². The minimum Gasteiger partial charge on any atom is -0.382 e. The maximum atomic E-state index is 12.3. The van der Waals surface area contributed by atoms with Gasteiger partial charge in [-0.05, 0) is 13.0 Å². The first-order valence-electron chi connectivity index (χ1n) is 5.22. The number of hydrogen-bond donors (Lipinski definition) is 3. The molecule has 0 bridgehead atoms. The van der Waals surface area contributed by atoms with Gasteiger partial charge in [-0.3, -0.25) is 5.41 Å². The van der Waals surface area contributed by atoms with Gasteiger partial charge in [-0.1, -0.05) is 0 Å². The Morgan fingerprint density at radius 3 is 2.37 bits per heavy atom. The minimum atomic E-state index is -4.57. The Kier molecular flexibility index (Phi) is 3.01. The summed E-state index contributed by atoms with van der Waals surface area (Å²) in [6.45, 7) is 1.75. The Balaban J connectivity index is 2.46. The van der Waals surface area contributed by atoms with Crippen LogP contribution in [-0.4, -0.2) is 20.8 Å². The maximum Gasteiger partial charge on any atom is 0.451 e. The summed E-state index contributed by atoms with van der Waals surface area (Å²) in [5.41, 5.74) is 7.33. The van der Waals surface area contributed by atoms with Gasteiger partial charge >= 0.3 is 6.18 Å². The van der Waals surface area contributed by atoms with Crippen molar-refractivity contribution in [3.63, 3.8) is 0 Å². The molecule has 8 heteroatoms. The van der Waals surface area contributed by atoms with Crippen molar-refractivity contribution in [1.29, 1.82) is 5.41 Å². The van der Waals surface area contributed by atoms with Gasteiger partial charge in [0, 0.05) is 29.2 Å². The number of nitrogens with one attached hydrogen (secondary N) is 2. The van der Waals surface area contributed by atoms with Crippen LogP contribution in [0.2, 0.25) is 0 Å². The molecule has 100 valence electrons. The molecule has 0 atom stereocenters. The first kappa shape index (κ1) is 13.1. The zero-order valence-electron chi connectivity index (χ0n) is 9.84. The third-order valence-electron chi connectivity index (χ3n) is 2.44. The van der Waals surface area contributed by atoms with E-state index in [-0.39, 0.29) is 5.84 Å². The van der Waals surface area contributed by atoms with Crippen LogP contribution in [0.4, 0.5) is 13.2 Å². The zero-order valence-corrected chi connectivity index (χ0v) is 9.84. The predicted octanol–water partition coefficient (Wildman–Crippen LogP) is 2.08. The normalized spacial score (nSPS) is 11.6. The van der Waals surface area contributed by atoms with Gasteiger partial charge < -0.3 is 10.7 Å². The highest BCUT2D eigenvalue weighted by Gasteiger charge is 2.34. The Bertz CT molecular complexity index is 612. The molecule has 19 heavy (non-hydrogen) atoms. The minimum absolute atomic E-state index is 0.206. The lowest BCUT2D eigenvalue weighted by Gasteiger charge is -2.05. The number of H-pyrrole nitrogens is 1. The maximum absolute atomic E-state index is 12.3. The quantitative estimate of drug-likeness (QED) is 0.575. The molecule has 0 saturated carbocycles. The fourth-order valence-corrected chi connectivity index (χ4v) is 1.64. The van der Waals surface area contributed by atoms with Crippen LogP contribution in [0.5, 0.6) is 0 Å². The zero-order chi connectivity index (χ0) is 14.2. The highest BCUT2D eigenvalue weighted by Crippen LogP contribution is 2.28. The highest BCUT2D eigenvalue weighted by atomic mass is 19.4. The summed E-state index contributed by atoms with van der Waals surface area (Å²) in [5.74, 6) is -1.41. The van der Waals surface area contributed by atoms with E-state index in [2.05, 4.69) is 15.0 Å². The molecule has 2 heterocycles. The molecule has 0 aromatic carbocycles. The number of halogens is 3. The topological polar surface area (TPSA) is 91.4 Å². The van der Waals surface area contributed by atoms with Crippen LogP contribution in [-0.2, 0) is 6.18 Å². The largest absolute Gasteiger partial charge is 0.451 e. The summed E-state index contributed by atoms with van der Waals surface area (Å²) in [6, 6.07) is 1.67. The second kappa shape index (κ2) is 4.38. The summed E-state index contributed by atoms with van der Waals surface area (Å²) in [4.78, 5) is 9.41. The van der Waals surface area contributed by atoms with Crippen LogP contribution in [0.3, 0.4) is 0 Å². The van der Waals surface area contributed by atoms with Gasteiger partial charge in [0.25, 0.3) is 0 Å². The van der Waals surface area contributed by atoms with E-state index in [0.717, 1.165) is 18.1 Å². The number of amidine groups is 1. The van der Waals surface area contributed by atoms with E-state index in [1.54, 1.807) is 13.0 Å². The van der Waals surface area contributed by atoms with E-state index >= 15 is 0 Å². The van der Waals surface area contributed by atoms with Crippen molar-refractivity contribution in [2.24, 2.45) is 5.73 Å². The van der Waals surface area contributed by atoms with Gasteiger partial charge in [0.05, 0.1) is 5.69 Å². The average Bonchev–Trinajstić information content (AvgIpc) is 2.70. The summed E-state index contributed by atoms with van der Waals surface area (Å²) >= 11 is 0. The Labute approximate surface area is 106 Å². The molecule has 0 spiro atoms. The third-order valence-corrected chi connectivity index (χ3v) is 2.44. The number of nitrogens with zero attached hydrogens (tertiary/aromatic N) is 2. The van der Waals surface area contributed by atoms with E-state index in [1.165, 1.54) is 0 Å². The summed E-state index contributed by atoms with van der Waals surface area (Å²) in [5, 5.41) is 7.41. The number of alkyl halides is 3. The number of aromatic amines is 1. The molecular weight excluding hydrogens is 259 g/mol. The van der Waals surface area contributed by atoms with E-state index < -0.39 is 12.0 Å². The van der Waals surface area contributed by atoms with Crippen molar-refractivity contribution in [3.05, 3.63) is 35.7 Å². The molecule has 0 saturated heterocycles. The second-order valence-corrected chi connectivity index (χ2v) is 3.95. The lowest BCUT2D eigenvalue weighted by molar-refractivity contribution is -0.144. The van der Waals surface area contributed by atoms with E-state index in [9.17, 15) is 13.2 Å². The molecule has 4 N–H and O–H groups in total. The smallest absolute Gasteiger partial charge is 0.382 e. The first-order chi connectivity index (χ1) is 8.79. The summed E-state index contributed by atoms with van der Waals surface area (Å²) in [6.07, 6.45) is -2.45. The second-order valence-electron chi connectivity index (χ2n) is 3.95. The van der Waals surface area contributed by atoms with E-state index in [4.69, 9.17) is 11.1 Å². The van der Waals surface area contributed by atoms with Crippen LogP contribution in [0, 0.1) is 12.3 Å². The van der Waals surface area contributed by atoms with Crippen molar-refractivity contribution in [2.75, 3.05) is 0 Å². The number of rotatable bonds is 2. The van der Waals surface area contributed by atoms with Crippen LogP contribution in [0.15, 0.2) is 18.5 Å². The Morgan fingerprint density at radius 2 is 1.89 bits per heavy atom. The molecule has 0 radical (unpaired) electrons. The molecule has 2 aromatic heterocycles. The Hall–Kier alpha value is -2.38. The Morgan fingerprint density at radius 1 is 1.32 bits per heavy atom. The first-order valence-corrected chi connectivity index (χ1v) is 5.22. The van der Waals surface area contributed by atoms with Gasteiger partial charge in [0.15, 0.2) is 0 Å². The third kappa shape index (κ3) is 2.56. The standard InChI is InChI=1S/C11H10F3N5/c1-5-2-7(8(19-5)9(15)16)6-3-17-10(18-4-6)11(12,13)14/h2-4,19H,1H3,(H3,15,16). The lowest BCUT2D eigenvalue weighted by Crippen LogP contribution is -2.13. The molecule has 0 amide bonds. The molecule has 0 aliphatic rings. The molecule has 0 aliphatic carbocycles. The molecule has 0 unspecified atom stereocenters. The van der Waals surface area contributed by atoms with Crippen molar-refractivity contribution < 1.29 is 13.2 Å². The highest BCUT2D eigenvalue weighted by molar-refractivity contribution is 6.00. The van der Waals surface area contributed by atoms with Crippen molar-refractivity contribution >= 4 is 5.84 Å². The summed E-state index contributed by atoms with van der Waals surface area (Å²) < 4.78 is 37.0. The number of nitrogen functional groups attached to an aromatic ring is 1. The predicted molar refractivity (Wildman–Crippen MR) is 62.6 cm³/mol. The van der Waals surface area contributed by atoms with Gasteiger partial charge in [0.1, 0.15) is 5.84 Å². The van der Waals surface area contributed by atoms with E-state index in [0.29, 0.717) is 16.8 Å². The molecule has 2 aromatic rings. The van der Waals surface area contributed by atoms with E-state index in [1.807, 2.05) is 0 Å². The van der Waals surface area contributed by atoms with Crippen molar-refractivity contribution in [3.8, 4) is 11.1 Å². The summed E-state index contributed by atoms with van der Waals surface area (Å²) in [7, 11) is 0. The molecule has 2 rings (SSSR count). The number of aromatic nitrogens is 3. The van der Waals surface area contributed by atoms with Gasteiger partial charge in [-0.2, -0.15) is 13.2 Å². The molecule has 0 aliphatic heterocycles. The number of aryl methyl sites for hydroxylation is 1.